The Labute approximate surface area is 189 Å². The van der Waals surface area contributed by atoms with Crippen LogP contribution in [-0.4, -0.2) is 25.4 Å². The molecule has 0 radical (unpaired) electrons. The van der Waals surface area contributed by atoms with E-state index in [0.29, 0.717) is 35.1 Å². The van der Waals surface area contributed by atoms with Gasteiger partial charge in [-0.15, -0.1) is 0 Å². The van der Waals surface area contributed by atoms with Gasteiger partial charge in [0.25, 0.3) is 0 Å². The van der Waals surface area contributed by atoms with Crippen LogP contribution in [0.3, 0.4) is 0 Å². The van der Waals surface area contributed by atoms with E-state index in [4.69, 9.17) is 16.2 Å². The fourth-order valence-electron chi connectivity index (χ4n) is 3.24. The molecule has 9 heteroatoms. The molecule has 0 aliphatic carbocycles. The molecule has 33 heavy (non-hydrogen) atoms. The van der Waals surface area contributed by atoms with E-state index in [0.717, 1.165) is 11.3 Å². The van der Waals surface area contributed by atoms with Crippen LogP contribution in [0.15, 0.2) is 71.7 Å². The van der Waals surface area contributed by atoms with Gasteiger partial charge in [0.15, 0.2) is 5.82 Å². The normalized spacial score (nSPS) is 10.7. The van der Waals surface area contributed by atoms with E-state index in [9.17, 15) is 9.59 Å². The van der Waals surface area contributed by atoms with Crippen molar-refractivity contribution in [3.8, 4) is 28.7 Å². The van der Waals surface area contributed by atoms with E-state index < -0.39 is 11.6 Å². The molecule has 0 atom stereocenters. The Hall–Kier alpha value is -4.53. The van der Waals surface area contributed by atoms with Gasteiger partial charge in [0.05, 0.1) is 12.1 Å². The number of nitrogen functional groups attached to an aromatic ring is 1. The van der Waals surface area contributed by atoms with Crippen molar-refractivity contribution in [3.05, 3.63) is 88.6 Å². The van der Waals surface area contributed by atoms with Gasteiger partial charge in [-0.3, -0.25) is 9.36 Å². The SMILES string of the molecule is CCc1cc(Oc2ccc(CC(N)=O)cc2)nc(-c2cccc(-n3ccc(N)nc3=O)c2)n1. The molecule has 2 aromatic heterocycles. The van der Waals surface area contributed by atoms with Crippen molar-refractivity contribution >= 4 is 11.7 Å². The molecule has 4 rings (SSSR count). The number of amides is 1. The predicted octanol–water partition coefficient (Wildman–Crippen LogP) is 2.65. The average Bonchev–Trinajstić information content (AvgIpc) is 2.80. The van der Waals surface area contributed by atoms with Crippen LogP contribution in [-0.2, 0) is 17.6 Å². The lowest BCUT2D eigenvalue weighted by molar-refractivity contribution is -0.117. The summed E-state index contributed by atoms with van der Waals surface area (Å²) in [7, 11) is 0. The highest BCUT2D eigenvalue weighted by Crippen LogP contribution is 2.25. The molecule has 0 bridgehead atoms. The minimum absolute atomic E-state index is 0.163. The number of aromatic nitrogens is 4. The molecular weight excluding hydrogens is 420 g/mol. The van der Waals surface area contributed by atoms with Crippen molar-refractivity contribution in [3.63, 3.8) is 0 Å². The van der Waals surface area contributed by atoms with Crippen LogP contribution in [0.2, 0.25) is 0 Å². The maximum absolute atomic E-state index is 12.2. The van der Waals surface area contributed by atoms with Gasteiger partial charge >= 0.3 is 5.69 Å². The van der Waals surface area contributed by atoms with Gasteiger partial charge in [0.1, 0.15) is 11.6 Å². The van der Waals surface area contributed by atoms with Crippen molar-refractivity contribution in [2.45, 2.75) is 19.8 Å². The minimum Gasteiger partial charge on any atom is -0.439 e. The molecule has 1 amide bonds. The van der Waals surface area contributed by atoms with Gasteiger partial charge in [-0.1, -0.05) is 31.2 Å². The molecule has 0 saturated carbocycles. The van der Waals surface area contributed by atoms with Crippen LogP contribution in [0, 0.1) is 0 Å². The molecule has 2 heterocycles. The second kappa shape index (κ2) is 9.31. The number of anilines is 1. The Morgan fingerprint density at radius 2 is 1.82 bits per heavy atom. The van der Waals surface area contributed by atoms with Crippen molar-refractivity contribution in [2.24, 2.45) is 5.73 Å². The number of aryl methyl sites for hydroxylation is 1. The Kier molecular flexibility index (Phi) is 6.12. The number of carbonyl (C=O) groups is 1. The molecule has 0 fully saturated rings. The van der Waals surface area contributed by atoms with E-state index in [2.05, 4.69) is 15.0 Å². The molecule has 166 valence electrons. The van der Waals surface area contributed by atoms with Gasteiger partial charge in [0, 0.05) is 23.5 Å². The van der Waals surface area contributed by atoms with E-state index in [1.54, 1.807) is 54.7 Å². The van der Waals surface area contributed by atoms with Gasteiger partial charge in [-0.25, -0.2) is 9.78 Å². The summed E-state index contributed by atoms with van der Waals surface area (Å²) in [6.45, 7) is 1.99. The van der Waals surface area contributed by atoms with Crippen LogP contribution >= 0.6 is 0 Å². The summed E-state index contributed by atoms with van der Waals surface area (Å²) < 4.78 is 7.34. The Morgan fingerprint density at radius 3 is 2.52 bits per heavy atom. The molecule has 0 aliphatic heterocycles. The van der Waals surface area contributed by atoms with Crippen molar-refractivity contribution in [2.75, 3.05) is 5.73 Å². The summed E-state index contributed by atoms with van der Waals surface area (Å²) in [6, 6.07) is 17.7. The van der Waals surface area contributed by atoms with Crippen LogP contribution in [0.5, 0.6) is 11.6 Å². The third kappa shape index (κ3) is 5.21. The first-order valence-electron chi connectivity index (χ1n) is 10.3. The molecule has 0 spiro atoms. The number of ether oxygens (including phenoxy) is 1. The lowest BCUT2D eigenvalue weighted by Gasteiger charge is -2.11. The summed E-state index contributed by atoms with van der Waals surface area (Å²) >= 11 is 0. The Bertz CT molecular complexity index is 1370. The summed E-state index contributed by atoms with van der Waals surface area (Å²) in [5, 5.41) is 0. The number of rotatable bonds is 7. The van der Waals surface area contributed by atoms with Gasteiger partial charge in [-0.05, 0) is 42.3 Å². The molecule has 2 aromatic carbocycles. The highest BCUT2D eigenvalue weighted by Gasteiger charge is 2.11. The van der Waals surface area contributed by atoms with Crippen molar-refractivity contribution < 1.29 is 9.53 Å². The molecule has 4 N–H and O–H groups in total. The summed E-state index contributed by atoms with van der Waals surface area (Å²) in [6.07, 6.45) is 2.43. The zero-order valence-corrected chi connectivity index (χ0v) is 17.9. The first-order chi connectivity index (χ1) is 15.9. The molecule has 0 unspecified atom stereocenters. The van der Waals surface area contributed by atoms with Crippen molar-refractivity contribution in [1.82, 2.24) is 19.5 Å². The maximum atomic E-state index is 12.2. The van der Waals surface area contributed by atoms with Gasteiger partial charge < -0.3 is 16.2 Å². The topological polar surface area (TPSA) is 139 Å². The summed E-state index contributed by atoms with van der Waals surface area (Å²) in [5.74, 6) is 1.19. The number of nitrogens with two attached hydrogens (primary N) is 2. The van der Waals surface area contributed by atoms with E-state index in [1.165, 1.54) is 4.57 Å². The molecule has 0 saturated heterocycles. The van der Waals surface area contributed by atoms with Crippen LogP contribution < -0.4 is 21.9 Å². The maximum Gasteiger partial charge on any atom is 0.354 e. The zero-order valence-electron chi connectivity index (χ0n) is 17.9. The third-order valence-corrected chi connectivity index (χ3v) is 4.85. The van der Waals surface area contributed by atoms with Crippen LogP contribution in [0.1, 0.15) is 18.2 Å². The molecule has 0 aliphatic rings. The monoisotopic (exact) mass is 442 g/mol. The number of carbonyl (C=O) groups excluding carboxylic acids is 1. The zero-order chi connectivity index (χ0) is 23.4. The number of benzene rings is 2. The third-order valence-electron chi connectivity index (χ3n) is 4.85. The Balaban J connectivity index is 1.66. The van der Waals surface area contributed by atoms with Crippen LogP contribution in [0.4, 0.5) is 5.82 Å². The fourth-order valence-corrected chi connectivity index (χ4v) is 3.24. The van der Waals surface area contributed by atoms with Crippen LogP contribution in [0.25, 0.3) is 17.1 Å². The lowest BCUT2D eigenvalue weighted by atomic mass is 10.1. The number of primary amides is 1. The number of hydrogen-bond donors (Lipinski definition) is 2. The smallest absolute Gasteiger partial charge is 0.354 e. The number of nitrogens with zero attached hydrogens (tertiary/aromatic N) is 4. The standard InChI is InChI=1S/C24H22N6O3/c1-2-17-14-22(33-19-8-6-15(7-9-19)12-21(26)31)29-23(27-17)16-4-3-5-18(13-16)30-11-10-20(25)28-24(30)32/h3-11,13-14H,2,12H2,1H3,(H2,26,31)(H2,25,28,32). The lowest BCUT2D eigenvalue weighted by Crippen LogP contribution is -2.21. The second-order valence-corrected chi connectivity index (χ2v) is 7.32. The summed E-state index contributed by atoms with van der Waals surface area (Å²) in [5.41, 5.74) is 13.3. The molecular formula is C24H22N6O3. The number of hydrogen-bond acceptors (Lipinski definition) is 7. The van der Waals surface area contributed by atoms with E-state index in [1.807, 2.05) is 19.1 Å². The van der Waals surface area contributed by atoms with Gasteiger partial charge in [0.2, 0.25) is 11.8 Å². The predicted molar refractivity (Wildman–Crippen MR) is 124 cm³/mol. The minimum atomic E-state index is -0.473. The molecule has 4 aromatic rings. The largest absolute Gasteiger partial charge is 0.439 e. The fraction of sp³-hybridized carbons (Fsp3) is 0.125. The first kappa shape index (κ1) is 21.7. The second-order valence-electron chi connectivity index (χ2n) is 7.32. The van der Waals surface area contributed by atoms with Crippen molar-refractivity contribution in [1.29, 1.82) is 0 Å². The van der Waals surface area contributed by atoms with E-state index >= 15 is 0 Å². The Morgan fingerprint density at radius 1 is 1.03 bits per heavy atom. The quantitative estimate of drug-likeness (QED) is 0.448. The molecule has 9 nitrogen and oxygen atoms in total. The van der Waals surface area contributed by atoms with Gasteiger partial charge in [-0.2, -0.15) is 9.97 Å². The first-order valence-corrected chi connectivity index (χ1v) is 10.3. The average molecular weight is 442 g/mol. The highest BCUT2D eigenvalue weighted by atomic mass is 16.5. The summed E-state index contributed by atoms with van der Waals surface area (Å²) in [4.78, 5) is 36.3. The van der Waals surface area contributed by atoms with E-state index in [-0.39, 0.29) is 12.2 Å². The highest BCUT2D eigenvalue weighted by molar-refractivity contribution is 5.76.